The standard InChI is InChI=1S/C20H26N4O2/c1-13-5-2-3-6-16(13)20(7-4-8-20)19(26)21-11-15-9-14(10-17(15)25)18-22-12-23-24-18/h2-3,5-6,12,14-15,17,25H,4,7-11H2,1H3,(H,21,26)(H,22,23,24)/t14-,15+,17+/m1/s1. The number of aliphatic hydroxyl groups is 1. The number of carbonyl (C=O) groups excluding carboxylic acids is 1. The number of hydrogen-bond donors (Lipinski definition) is 3. The van der Waals surface area contributed by atoms with Crippen LogP contribution in [-0.2, 0) is 10.2 Å². The zero-order valence-electron chi connectivity index (χ0n) is 15.1. The third kappa shape index (κ3) is 2.92. The van der Waals surface area contributed by atoms with E-state index in [9.17, 15) is 9.90 Å². The van der Waals surface area contributed by atoms with Gasteiger partial charge in [-0.05, 0) is 43.7 Å². The van der Waals surface area contributed by atoms with Gasteiger partial charge in [-0.15, -0.1) is 0 Å². The van der Waals surface area contributed by atoms with Crippen LogP contribution < -0.4 is 5.32 Å². The first-order valence-electron chi connectivity index (χ1n) is 9.48. The summed E-state index contributed by atoms with van der Waals surface area (Å²) in [5.74, 6) is 1.17. The van der Waals surface area contributed by atoms with Crippen LogP contribution in [0.1, 0.15) is 55.0 Å². The van der Waals surface area contributed by atoms with E-state index in [1.807, 2.05) is 12.1 Å². The second-order valence-corrected chi connectivity index (χ2v) is 7.83. The van der Waals surface area contributed by atoms with Crippen LogP contribution in [0.4, 0.5) is 0 Å². The summed E-state index contributed by atoms with van der Waals surface area (Å²) in [6, 6.07) is 8.18. The molecule has 0 unspecified atom stereocenters. The van der Waals surface area contributed by atoms with Gasteiger partial charge in [-0.25, -0.2) is 4.98 Å². The molecule has 6 heteroatoms. The van der Waals surface area contributed by atoms with E-state index in [-0.39, 0.29) is 23.2 Å². The molecule has 0 aliphatic heterocycles. The number of aromatic nitrogens is 3. The number of aromatic amines is 1. The van der Waals surface area contributed by atoms with E-state index in [2.05, 4.69) is 39.6 Å². The van der Waals surface area contributed by atoms with Crippen molar-refractivity contribution in [2.24, 2.45) is 5.92 Å². The van der Waals surface area contributed by atoms with Gasteiger partial charge in [-0.1, -0.05) is 30.7 Å². The van der Waals surface area contributed by atoms with Crippen LogP contribution in [0.3, 0.4) is 0 Å². The summed E-state index contributed by atoms with van der Waals surface area (Å²) in [6.45, 7) is 2.59. The molecule has 2 aromatic rings. The lowest BCUT2D eigenvalue weighted by molar-refractivity contribution is -0.130. The molecule has 4 rings (SSSR count). The molecule has 1 heterocycles. The highest BCUT2D eigenvalue weighted by Crippen LogP contribution is 2.45. The van der Waals surface area contributed by atoms with Gasteiger partial charge >= 0.3 is 0 Å². The molecule has 2 aliphatic rings. The van der Waals surface area contributed by atoms with Crippen molar-refractivity contribution in [2.75, 3.05) is 6.54 Å². The van der Waals surface area contributed by atoms with Crippen molar-refractivity contribution in [1.82, 2.24) is 20.5 Å². The molecule has 2 fully saturated rings. The minimum absolute atomic E-state index is 0.0584. The number of benzene rings is 1. The van der Waals surface area contributed by atoms with Gasteiger partial charge in [0, 0.05) is 18.4 Å². The van der Waals surface area contributed by atoms with Gasteiger partial charge in [0.2, 0.25) is 5.91 Å². The van der Waals surface area contributed by atoms with Crippen LogP contribution in [0.25, 0.3) is 0 Å². The fourth-order valence-corrected chi connectivity index (χ4v) is 4.61. The fraction of sp³-hybridized carbons (Fsp3) is 0.550. The minimum atomic E-state index is -0.416. The molecule has 0 spiro atoms. The Hall–Kier alpha value is -2.21. The Morgan fingerprint density at radius 1 is 1.35 bits per heavy atom. The molecule has 0 bridgehead atoms. The smallest absolute Gasteiger partial charge is 0.230 e. The van der Waals surface area contributed by atoms with Gasteiger partial charge in [-0.3, -0.25) is 9.89 Å². The molecule has 1 aromatic heterocycles. The summed E-state index contributed by atoms with van der Waals surface area (Å²) in [4.78, 5) is 17.3. The molecular formula is C20H26N4O2. The van der Waals surface area contributed by atoms with Crippen molar-refractivity contribution >= 4 is 5.91 Å². The number of amides is 1. The van der Waals surface area contributed by atoms with E-state index in [0.717, 1.165) is 37.1 Å². The largest absolute Gasteiger partial charge is 0.393 e. The first-order chi connectivity index (χ1) is 12.6. The third-order valence-electron chi connectivity index (χ3n) is 6.30. The number of rotatable bonds is 5. The molecule has 0 radical (unpaired) electrons. The fourth-order valence-electron chi connectivity index (χ4n) is 4.61. The lowest BCUT2D eigenvalue weighted by Gasteiger charge is -2.42. The van der Waals surface area contributed by atoms with Crippen molar-refractivity contribution in [3.8, 4) is 0 Å². The quantitative estimate of drug-likeness (QED) is 0.768. The van der Waals surface area contributed by atoms with E-state index >= 15 is 0 Å². The van der Waals surface area contributed by atoms with Crippen LogP contribution in [0, 0.1) is 12.8 Å². The second-order valence-electron chi connectivity index (χ2n) is 7.83. The van der Waals surface area contributed by atoms with Crippen molar-refractivity contribution in [2.45, 2.75) is 56.5 Å². The number of H-pyrrole nitrogens is 1. The average molecular weight is 354 g/mol. The second kappa shape index (κ2) is 6.83. The van der Waals surface area contributed by atoms with E-state index in [1.54, 1.807) is 0 Å². The Morgan fingerprint density at radius 3 is 2.81 bits per heavy atom. The first kappa shape index (κ1) is 17.2. The maximum Gasteiger partial charge on any atom is 0.230 e. The van der Waals surface area contributed by atoms with Crippen LogP contribution in [0.2, 0.25) is 0 Å². The molecule has 3 N–H and O–H groups in total. The highest BCUT2D eigenvalue weighted by atomic mass is 16.3. The SMILES string of the molecule is Cc1ccccc1C1(C(=O)NC[C@@H]2C[C@@H](c3ncn[nH]3)C[C@@H]2O)CCC1. The van der Waals surface area contributed by atoms with Crippen molar-refractivity contribution in [3.05, 3.63) is 47.5 Å². The van der Waals surface area contributed by atoms with Crippen molar-refractivity contribution in [1.29, 1.82) is 0 Å². The minimum Gasteiger partial charge on any atom is -0.393 e. The predicted octanol–water partition coefficient (Wildman–Crippen LogP) is 2.21. The average Bonchev–Trinajstić information content (AvgIpc) is 3.23. The van der Waals surface area contributed by atoms with Gasteiger partial charge in [-0.2, -0.15) is 5.10 Å². The summed E-state index contributed by atoms with van der Waals surface area (Å²) < 4.78 is 0. The summed E-state index contributed by atoms with van der Waals surface area (Å²) in [5.41, 5.74) is 1.93. The molecule has 3 atom stereocenters. The molecular weight excluding hydrogens is 328 g/mol. The maximum atomic E-state index is 13.1. The monoisotopic (exact) mass is 354 g/mol. The topological polar surface area (TPSA) is 90.9 Å². The summed E-state index contributed by atoms with van der Waals surface area (Å²) in [6.07, 6.45) is 5.45. The summed E-state index contributed by atoms with van der Waals surface area (Å²) in [7, 11) is 0. The molecule has 1 aromatic carbocycles. The van der Waals surface area contributed by atoms with Gasteiger partial charge in [0.25, 0.3) is 0 Å². The van der Waals surface area contributed by atoms with Gasteiger partial charge in [0.1, 0.15) is 12.2 Å². The number of carbonyl (C=O) groups is 1. The summed E-state index contributed by atoms with van der Waals surface area (Å²) >= 11 is 0. The van der Waals surface area contributed by atoms with E-state index in [4.69, 9.17) is 0 Å². The Morgan fingerprint density at radius 2 is 2.15 bits per heavy atom. The Balaban J connectivity index is 1.41. The Kier molecular flexibility index (Phi) is 4.53. The molecule has 2 saturated carbocycles. The number of nitrogens with one attached hydrogen (secondary N) is 2. The molecule has 138 valence electrons. The maximum absolute atomic E-state index is 13.1. The Labute approximate surface area is 153 Å². The number of hydrogen-bond acceptors (Lipinski definition) is 4. The van der Waals surface area contributed by atoms with Crippen molar-refractivity contribution < 1.29 is 9.90 Å². The van der Waals surface area contributed by atoms with Crippen molar-refractivity contribution in [3.63, 3.8) is 0 Å². The zero-order chi connectivity index (χ0) is 18.1. The van der Waals surface area contributed by atoms with Crippen LogP contribution in [-0.4, -0.2) is 38.8 Å². The normalized spacial score (nSPS) is 27.1. The zero-order valence-corrected chi connectivity index (χ0v) is 15.1. The number of aryl methyl sites for hydroxylation is 1. The predicted molar refractivity (Wildman–Crippen MR) is 97.6 cm³/mol. The van der Waals surface area contributed by atoms with Gasteiger partial charge in [0.05, 0.1) is 11.5 Å². The van der Waals surface area contributed by atoms with Gasteiger partial charge in [0.15, 0.2) is 0 Å². The van der Waals surface area contributed by atoms with Crippen LogP contribution in [0.15, 0.2) is 30.6 Å². The summed E-state index contributed by atoms with van der Waals surface area (Å²) in [5, 5.41) is 20.3. The lowest BCUT2D eigenvalue weighted by atomic mass is 9.62. The van der Waals surface area contributed by atoms with E-state index in [1.165, 1.54) is 11.9 Å². The molecule has 1 amide bonds. The number of aliphatic hydroxyl groups excluding tert-OH is 1. The molecule has 0 saturated heterocycles. The molecule has 2 aliphatic carbocycles. The third-order valence-corrected chi connectivity index (χ3v) is 6.30. The molecule has 26 heavy (non-hydrogen) atoms. The van der Waals surface area contributed by atoms with Gasteiger partial charge < -0.3 is 10.4 Å². The molecule has 6 nitrogen and oxygen atoms in total. The van der Waals surface area contributed by atoms with Crippen LogP contribution >= 0.6 is 0 Å². The lowest BCUT2D eigenvalue weighted by Crippen LogP contribution is -2.50. The Bertz CT molecular complexity index is 770. The van der Waals surface area contributed by atoms with E-state index < -0.39 is 6.10 Å². The van der Waals surface area contributed by atoms with Crippen LogP contribution in [0.5, 0.6) is 0 Å². The highest BCUT2D eigenvalue weighted by Gasteiger charge is 2.46. The number of nitrogens with zero attached hydrogens (tertiary/aromatic N) is 2. The highest BCUT2D eigenvalue weighted by molar-refractivity contribution is 5.89. The van der Waals surface area contributed by atoms with E-state index in [0.29, 0.717) is 13.0 Å². The first-order valence-corrected chi connectivity index (χ1v) is 9.48.